The molecule has 0 unspecified atom stereocenters. The number of nitrogens with one attached hydrogen (secondary N) is 2. The van der Waals surface area contributed by atoms with Crippen molar-refractivity contribution in [3.63, 3.8) is 0 Å². The number of carbonyl (C=O) groups excluding carboxylic acids is 1. The van der Waals surface area contributed by atoms with Gasteiger partial charge in [0.1, 0.15) is 17.2 Å². The molecule has 0 saturated carbocycles. The summed E-state index contributed by atoms with van der Waals surface area (Å²) < 4.78 is 10.8. The third-order valence-corrected chi connectivity index (χ3v) is 3.94. The van der Waals surface area contributed by atoms with Crippen LogP contribution in [0.1, 0.15) is 11.5 Å². The number of rotatable bonds is 5. The van der Waals surface area contributed by atoms with Gasteiger partial charge < -0.3 is 19.8 Å². The first kappa shape index (κ1) is 17.8. The third-order valence-electron chi connectivity index (χ3n) is 3.71. The van der Waals surface area contributed by atoms with E-state index in [1.807, 2.05) is 12.1 Å². The molecule has 7 heteroatoms. The van der Waals surface area contributed by atoms with Gasteiger partial charge in [0.2, 0.25) is 5.89 Å². The Kier molecular flexibility index (Phi) is 5.43. The molecule has 0 bridgehead atoms. The fraction of sp³-hybridized carbons (Fsp3) is 0.158. The summed E-state index contributed by atoms with van der Waals surface area (Å²) in [4.78, 5) is 16.5. The highest BCUT2D eigenvalue weighted by Crippen LogP contribution is 2.24. The van der Waals surface area contributed by atoms with Crippen molar-refractivity contribution in [3.05, 3.63) is 65.0 Å². The zero-order chi connectivity index (χ0) is 18.5. The summed E-state index contributed by atoms with van der Waals surface area (Å²) in [6, 6.07) is 14.0. The number of nitrogens with zero attached hydrogens (tertiary/aromatic N) is 1. The van der Waals surface area contributed by atoms with Crippen molar-refractivity contribution in [2.75, 3.05) is 12.4 Å². The van der Waals surface area contributed by atoms with Crippen LogP contribution >= 0.6 is 11.6 Å². The molecule has 2 N–H and O–H groups in total. The van der Waals surface area contributed by atoms with E-state index in [0.717, 1.165) is 5.56 Å². The topological polar surface area (TPSA) is 76.4 Å². The molecule has 26 heavy (non-hydrogen) atoms. The lowest BCUT2D eigenvalue weighted by molar-refractivity contribution is 0.251. The molecule has 134 valence electrons. The quantitative estimate of drug-likeness (QED) is 0.685. The molecule has 0 aliphatic carbocycles. The van der Waals surface area contributed by atoms with Crippen molar-refractivity contribution < 1.29 is 13.9 Å². The molecule has 0 aliphatic rings. The Hall–Kier alpha value is -2.99. The second-order valence-corrected chi connectivity index (χ2v) is 6.01. The monoisotopic (exact) mass is 371 g/mol. The maximum absolute atomic E-state index is 12.1. The number of halogens is 1. The lowest BCUT2D eigenvalue weighted by Gasteiger charge is -2.08. The Balaban J connectivity index is 1.63. The molecule has 0 fully saturated rings. The van der Waals surface area contributed by atoms with Gasteiger partial charge in [-0.3, -0.25) is 0 Å². The number of ether oxygens (including phenoxy) is 1. The minimum atomic E-state index is -0.343. The van der Waals surface area contributed by atoms with E-state index in [-0.39, 0.29) is 12.6 Å². The zero-order valence-electron chi connectivity index (χ0n) is 14.4. The zero-order valence-corrected chi connectivity index (χ0v) is 15.1. The lowest BCUT2D eigenvalue weighted by atomic mass is 10.2. The number of carbonyl (C=O) groups is 1. The van der Waals surface area contributed by atoms with Crippen LogP contribution < -0.4 is 15.4 Å². The van der Waals surface area contributed by atoms with Gasteiger partial charge in [-0.25, -0.2) is 9.78 Å². The van der Waals surface area contributed by atoms with Crippen LogP contribution in [0.2, 0.25) is 5.02 Å². The van der Waals surface area contributed by atoms with Gasteiger partial charge in [0.25, 0.3) is 0 Å². The molecule has 3 aromatic rings. The summed E-state index contributed by atoms with van der Waals surface area (Å²) in [7, 11) is 1.57. The number of oxazole rings is 1. The van der Waals surface area contributed by atoms with E-state index in [0.29, 0.717) is 33.8 Å². The Morgan fingerprint density at radius 2 is 2.04 bits per heavy atom. The molecule has 0 spiro atoms. The molecule has 0 atom stereocenters. The van der Waals surface area contributed by atoms with Gasteiger partial charge in [-0.15, -0.1) is 0 Å². The van der Waals surface area contributed by atoms with Crippen molar-refractivity contribution in [1.82, 2.24) is 10.3 Å². The summed E-state index contributed by atoms with van der Waals surface area (Å²) in [5, 5.41) is 6.12. The van der Waals surface area contributed by atoms with Crippen LogP contribution in [-0.4, -0.2) is 18.1 Å². The van der Waals surface area contributed by atoms with Crippen molar-refractivity contribution in [3.8, 4) is 17.2 Å². The van der Waals surface area contributed by atoms with Crippen LogP contribution in [0.5, 0.6) is 5.75 Å². The van der Waals surface area contributed by atoms with E-state index < -0.39 is 0 Å². The van der Waals surface area contributed by atoms with Crippen LogP contribution in [0.3, 0.4) is 0 Å². The number of methoxy groups -OCH3 is 1. The summed E-state index contributed by atoms with van der Waals surface area (Å²) in [5.41, 5.74) is 2.08. The van der Waals surface area contributed by atoms with Crippen LogP contribution in [0, 0.1) is 6.92 Å². The van der Waals surface area contributed by atoms with E-state index in [2.05, 4.69) is 15.6 Å². The van der Waals surface area contributed by atoms with Crippen molar-refractivity contribution in [2.45, 2.75) is 13.5 Å². The maximum atomic E-state index is 12.1. The first-order valence-corrected chi connectivity index (χ1v) is 8.34. The molecule has 2 amide bonds. The highest BCUT2D eigenvalue weighted by atomic mass is 35.5. The molecule has 6 nitrogen and oxygen atoms in total. The highest BCUT2D eigenvalue weighted by molar-refractivity contribution is 6.30. The van der Waals surface area contributed by atoms with Crippen molar-refractivity contribution in [1.29, 1.82) is 0 Å². The second-order valence-electron chi connectivity index (χ2n) is 5.57. The fourth-order valence-electron chi connectivity index (χ4n) is 2.38. The number of aromatic nitrogens is 1. The average molecular weight is 372 g/mol. The summed E-state index contributed by atoms with van der Waals surface area (Å²) in [6.45, 7) is 2.05. The standard InChI is InChI=1S/C19H18ClN3O3/c1-12-17(23-18(26-12)13-5-3-6-14(20)9-13)11-21-19(24)22-15-7-4-8-16(10-15)25-2/h3-10H,11H2,1-2H3,(H2,21,22,24). The van der Waals surface area contributed by atoms with E-state index >= 15 is 0 Å². The molecular weight excluding hydrogens is 354 g/mol. The van der Waals surface area contributed by atoms with Gasteiger partial charge in [0, 0.05) is 22.3 Å². The van der Waals surface area contributed by atoms with Crippen LogP contribution in [0.25, 0.3) is 11.5 Å². The van der Waals surface area contributed by atoms with Crippen molar-refractivity contribution in [2.24, 2.45) is 0 Å². The maximum Gasteiger partial charge on any atom is 0.319 e. The number of aryl methyl sites for hydroxylation is 1. The molecule has 2 aromatic carbocycles. The summed E-state index contributed by atoms with van der Waals surface area (Å²) in [5.74, 6) is 1.78. The summed E-state index contributed by atoms with van der Waals surface area (Å²) in [6.07, 6.45) is 0. The van der Waals surface area contributed by atoms with E-state index in [1.165, 1.54) is 0 Å². The second kappa shape index (κ2) is 7.93. The molecule has 0 aliphatic heterocycles. The lowest BCUT2D eigenvalue weighted by Crippen LogP contribution is -2.28. The van der Waals surface area contributed by atoms with Gasteiger partial charge in [-0.2, -0.15) is 0 Å². The Bertz CT molecular complexity index is 924. The number of amides is 2. The Morgan fingerprint density at radius 1 is 1.23 bits per heavy atom. The SMILES string of the molecule is COc1cccc(NC(=O)NCc2nc(-c3cccc(Cl)c3)oc2C)c1. The average Bonchev–Trinajstić information content (AvgIpc) is 3.01. The molecule has 1 heterocycles. The van der Waals surface area contributed by atoms with Gasteiger partial charge >= 0.3 is 6.03 Å². The normalized spacial score (nSPS) is 10.4. The molecule has 1 aromatic heterocycles. The third kappa shape index (κ3) is 4.34. The van der Waals surface area contributed by atoms with Gasteiger partial charge in [-0.1, -0.05) is 23.7 Å². The van der Waals surface area contributed by atoms with Crippen LogP contribution in [0.15, 0.2) is 52.9 Å². The van der Waals surface area contributed by atoms with E-state index in [9.17, 15) is 4.79 Å². The van der Waals surface area contributed by atoms with Crippen molar-refractivity contribution >= 4 is 23.3 Å². The highest BCUT2D eigenvalue weighted by Gasteiger charge is 2.13. The first-order valence-electron chi connectivity index (χ1n) is 7.96. The van der Waals surface area contributed by atoms with E-state index in [4.69, 9.17) is 20.8 Å². The van der Waals surface area contributed by atoms with Crippen LogP contribution in [-0.2, 0) is 6.54 Å². The number of hydrogen-bond donors (Lipinski definition) is 2. The van der Waals surface area contributed by atoms with Gasteiger partial charge in [0.05, 0.1) is 13.7 Å². The predicted molar refractivity (Wildman–Crippen MR) is 101 cm³/mol. The molecular formula is C19H18ClN3O3. The number of hydrogen-bond acceptors (Lipinski definition) is 4. The minimum Gasteiger partial charge on any atom is -0.497 e. The fourth-order valence-corrected chi connectivity index (χ4v) is 2.57. The minimum absolute atomic E-state index is 0.242. The number of urea groups is 1. The number of anilines is 1. The Labute approximate surface area is 156 Å². The molecule has 3 rings (SSSR count). The largest absolute Gasteiger partial charge is 0.497 e. The summed E-state index contributed by atoms with van der Waals surface area (Å²) >= 11 is 6.00. The number of benzene rings is 2. The van der Waals surface area contributed by atoms with Gasteiger partial charge in [0.15, 0.2) is 0 Å². The molecule has 0 saturated heterocycles. The smallest absolute Gasteiger partial charge is 0.319 e. The van der Waals surface area contributed by atoms with Gasteiger partial charge in [-0.05, 0) is 37.3 Å². The first-order chi connectivity index (χ1) is 12.5. The molecule has 0 radical (unpaired) electrons. The van der Waals surface area contributed by atoms with Crippen LogP contribution in [0.4, 0.5) is 10.5 Å². The van der Waals surface area contributed by atoms with E-state index in [1.54, 1.807) is 50.4 Å². The Morgan fingerprint density at radius 3 is 2.81 bits per heavy atom. The predicted octanol–water partition coefficient (Wildman–Crippen LogP) is 4.63.